The summed E-state index contributed by atoms with van der Waals surface area (Å²) in [5.41, 5.74) is 3.95. The summed E-state index contributed by atoms with van der Waals surface area (Å²) in [5, 5.41) is 4.01. The lowest BCUT2D eigenvalue weighted by Gasteiger charge is -2.21. The topological polar surface area (TPSA) is 88.1 Å². The van der Waals surface area contributed by atoms with Crippen LogP contribution in [0.15, 0.2) is 59.7 Å². The molecule has 1 N–H and O–H groups in total. The Labute approximate surface area is 162 Å². The van der Waals surface area contributed by atoms with Crippen molar-refractivity contribution in [3.63, 3.8) is 0 Å². The van der Waals surface area contributed by atoms with Crippen molar-refractivity contribution in [2.45, 2.75) is 31.9 Å². The number of nitrogens with one attached hydrogen (secondary N) is 1. The molecule has 0 radical (unpaired) electrons. The summed E-state index contributed by atoms with van der Waals surface area (Å²) in [6, 6.07) is 16.5. The third-order valence-electron chi connectivity index (χ3n) is 4.90. The molecule has 1 spiro atoms. The quantitative estimate of drug-likeness (QED) is 0.651. The molecule has 2 aliphatic heterocycles. The van der Waals surface area contributed by atoms with Gasteiger partial charge in [0.15, 0.2) is 0 Å². The van der Waals surface area contributed by atoms with Gasteiger partial charge in [0.25, 0.3) is 5.91 Å². The zero-order valence-electron chi connectivity index (χ0n) is 15.3. The van der Waals surface area contributed by atoms with E-state index in [2.05, 4.69) is 10.5 Å². The number of esters is 1. The fraction of sp³-hybridized carbons (Fsp3) is 0.238. The molecule has 2 aromatic carbocycles. The molecular formula is C21H19N3O4. The fourth-order valence-electron chi connectivity index (χ4n) is 3.46. The van der Waals surface area contributed by atoms with Gasteiger partial charge in [-0.25, -0.2) is 9.69 Å². The summed E-state index contributed by atoms with van der Waals surface area (Å²) in [5.74, 6) is -1.32. The van der Waals surface area contributed by atoms with Crippen LogP contribution < -0.4 is 10.3 Å². The van der Waals surface area contributed by atoms with Gasteiger partial charge < -0.3 is 4.74 Å². The molecule has 1 saturated heterocycles. The van der Waals surface area contributed by atoms with E-state index in [1.807, 2.05) is 43.3 Å². The molecule has 4 rings (SSSR count). The molecule has 0 bridgehead atoms. The standard InChI is InChI=1S/C21H19N3O4/c1-14-6-5-9-16(10-14)24-18(25)12-21(20(24)27)11-17(22-23-21)19(26)28-13-15-7-3-2-4-8-15/h2-10,23H,11-13H2,1H3/t21-/m0/s1. The maximum atomic E-state index is 13.0. The first kappa shape index (κ1) is 17.9. The summed E-state index contributed by atoms with van der Waals surface area (Å²) in [7, 11) is 0. The average Bonchev–Trinajstić information content (AvgIpc) is 3.22. The van der Waals surface area contributed by atoms with Crippen LogP contribution in [0.2, 0.25) is 0 Å². The third kappa shape index (κ3) is 3.15. The first-order valence-corrected chi connectivity index (χ1v) is 8.97. The lowest BCUT2D eigenvalue weighted by Crippen LogP contribution is -2.47. The van der Waals surface area contributed by atoms with Crippen LogP contribution in [-0.4, -0.2) is 29.0 Å². The third-order valence-corrected chi connectivity index (χ3v) is 4.90. The molecule has 2 amide bonds. The number of benzene rings is 2. The number of ether oxygens (including phenoxy) is 1. The number of amides is 2. The maximum absolute atomic E-state index is 13.0. The van der Waals surface area contributed by atoms with Crippen LogP contribution in [0, 0.1) is 6.92 Å². The highest BCUT2D eigenvalue weighted by molar-refractivity contribution is 6.39. The summed E-state index contributed by atoms with van der Waals surface area (Å²) in [6.07, 6.45) is -0.0355. The Hall–Kier alpha value is -3.48. The van der Waals surface area contributed by atoms with Crippen molar-refractivity contribution in [2.75, 3.05) is 4.90 Å². The first-order chi connectivity index (χ1) is 13.5. The number of anilines is 1. The van der Waals surface area contributed by atoms with Crippen molar-refractivity contribution in [3.8, 4) is 0 Å². The van der Waals surface area contributed by atoms with Gasteiger partial charge in [-0.15, -0.1) is 0 Å². The van der Waals surface area contributed by atoms with Crippen LogP contribution in [0.3, 0.4) is 0 Å². The minimum Gasteiger partial charge on any atom is -0.456 e. The molecule has 142 valence electrons. The van der Waals surface area contributed by atoms with Gasteiger partial charge in [0.2, 0.25) is 5.91 Å². The highest BCUT2D eigenvalue weighted by Crippen LogP contribution is 2.34. The second-order valence-corrected chi connectivity index (χ2v) is 7.04. The number of aryl methyl sites for hydroxylation is 1. The SMILES string of the molecule is Cc1cccc(N2C(=O)C[C@@]3(CC(C(=O)OCc4ccccc4)=NN3)C2=O)c1. The van der Waals surface area contributed by atoms with Gasteiger partial charge in [-0.2, -0.15) is 5.10 Å². The van der Waals surface area contributed by atoms with Crippen molar-refractivity contribution in [1.82, 2.24) is 5.43 Å². The number of hydrogen-bond donors (Lipinski definition) is 1. The Morgan fingerprint density at radius 3 is 2.68 bits per heavy atom. The second-order valence-electron chi connectivity index (χ2n) is 7.04. The van der Waals surface area contributed by atoms with E-state index in [1.54, 1.807) is 18.2 Å². The number of nitrogens with zero attached hydrogens (tertiary/aromatic N) is 2. The van der Waals surface area contributed by atoms with Crippen molar-refractivity contribution >= 4 is 29.2 Å². The molecule has 7 heteroatoms. The molecule has 2 aliphatic rings. The molecule has 1 fully saturated rings. The largest absolute Gasteiger partial charge is 0.456 e. The zero-order valence-corrected chi connectivity index (χ0v) is 15.3. The molecule has 28 heavy (non-hydrogen) atoms. The van der Waals surface area contributed by atoms with E-state index >= 15 is 0 Å². The van der Waals surface area contributed by atoms with Crippen molar-refractivity contribution < 1.29 is 19.1 Å². The van der Waals surface area contributed by atoms with Gasteiger partial charge in [-0.05, 0) is 30.2 Å². The van der Waals surface area contributed by atoms with Gasteiger partial charge >= 0.3 is 5.97 Å². The minimum absolute atomic E-state index is 0.0213. The van der Waals surface area contributed by atoms with Crippen LogP contribution in [0.5, 0.6) is 0 Å². The molecule has 1 atom stereocenters. The van der Waals surface area contributed by atoms with E-state index in [0.29, 0.717) is 5.69 Å². The minimum atomic E-state index is -1.22. The predicted octanol–water partition coefficient (Wildman–Crippen LogP) is 2.09. The summed E-state index contributed by atoms with van der Waals surface area (Å²) < 4.78 is 5.28. The molecule has 0 unspecified atom stereocenters. The smallest absolute Gasteiger partial charge is 0.354 e. The fourth-order valence-corrected chi connectivity index (χ4v) is 3.46. The molecule has 0 saturated carbocycles. The van der Waals surface area contributed by atoms with E-state index in [4.69, 9.17) is 4.74 Å². The monoisotopic (exact) mass is 377 g/mol. The van der Waals surface area contributed by atoms with E-state index in [1.165, 1.54) is 0 Å². The number of hydrazone groups is 1. The lowest BCUT2D eigenvalue weighted by molar-refractivity contribution is -0.136. The lowest BCUT2D eigenvalue weighted by atomic mass is 9.93. The van der Waals surface area contributed by atoms with E-state index in [9.17, 15) is 14.4 Å². The van der Waals surface area contributed by atoms with Crippen molar-refractivity contribution in [2.24, 2.45) is 5.10 Å². The van der Waals surface area contributed by atoms with E-state index in [-0.39, 0.29) is 31.1 Å². The summed E-state index contributed by atoms with van der Waals surface area (Å²) in [6.45, 7) is 2.01. The van der Waals surface area contributed by atoms with Crippen LogP contribution in [0.4, 0.5) is 5.69 Å². The highest BCUT2D eigenvalue weighted by Gasteiger charge is 2.56. The Morgan fingerprint density at radius 1 is 1.14 bits per heavy atom. The summed E-state index contributed by atoms with van der Waals surface area (Å²) >= 11 is 0. The van der Waals surface area contributed by atoms with Gasteiger partial charge in [-0.1, -0.05) is 42.5 Å². The van der Waals surface area contributed by atoms with Gasteiger partial charge in [-0.3, -0.25) is 15.0 Å². The Kier molecular flexibility index (Phi) is 4.43. The number of hydrogen-bond acceptors (Lipinski definition) is 6. The Bertz CT molecular complexity index is 986. The number of imide groups is 1. The maximum Gasteiger partial charge on any atom is 0.354 e. The normalized spacial score (nSPS) is 21.0. The molecular weight excluding hydrogens is 358 g/mol. The van der Waals surface area contributed by atoms with Crippen LogP contribution in [-0.2, 0) is 25.7 Å². The molecule has 0 aliphatic carbocycles. The van der Waals surface area contributed by atoms with Crippen molar-refractivity contribution in [1.29, 1.82) is 0 Å². The summed E-state index contributed by atoms with van der Waals surface area (Å²) in [4.78, 5) is 39.1. The van der Waals surface area contributed by atoms with Crippen LogP contribution in [0.1, 0.15) is 24.0 Å². The van der Waals surface area contributed by atoms with Gasteiger partial charge in [0.05, 0.1) is 12.1 Å². The molecule has 2 aromatic rings. The molecule has 7 nitrogen and oxygen atoms in total. The van der Waals surface area contributed by atoms with Crippen LogP contribution >= 0.6 is 0 Å². The van der Waals surface area contributed by atoms with Crippen molar-refractivity contribution in [3.05, 3.63) is 65.7 Å². The first-order valence-electron chi connectivity index (χ1n) is 8.97. The van der Waals surface area contributed by atoms with E-state index < -0.39 is 17.4 Å². The van der Waals surface area contributed by atoms with Crippen LogP contribution in [0.25, 0.3) is 0 Å². The number of carbonyl (C=O) groups is 3. The second kappa shape index (κ2) is 6.92. The molecule has 2 heterocycles. The van der Waals surface area contributed by atoms with E-state index in [0.717, 1.165) is 16.0 Å². The predicted molar refractivity (Wildman–Crippen MR) is 102 cm³/mol. The zero-order chi connectivity index (χ0) is 19.7. The number of carbonyl (C=O) groups excluding carboxylic acids is 3. The Balaban J connectivity index is 1.45. The van der Waals surface area contributed by atoms with Gasteiger partial charge in [0, 0.05) is 6.42 Å². The number of rotatable bonds is 4. The van der Waals surface area contributed by atoms with Gasteiger partial charge in [0.1, 0.15) is 17.9 Å². The average molecular weight is 377 g/mol. The highest BCUT2D eigenvalue weighted by atomic mass is 16.5. The Morgan fingerprint density at radius 2 is 1.93 bits per heavy atom. The molecule has 0 aromatic heterocycles.